The largest absolute Gasteiger partial charge is 0.274 e. The van der Waals surface area contributed by atoms with Crippen molar-refractivity contribution in [3.8, 4) is 0 Å². The van der Waals surface area contributed by atoms with E-state index in [9.17, 15) is 24.4 Å². The highest BCUT2D eigenvalue weighted by atomic mass is 16.5. The Kier molecular flexibility index (Phi) is 8.83. The molecule has 231 valence electrons. The topological polar surface area (TPSA) is 97.9 Å². The zero-order valence-corrected chi connectivity index (χ0v) is 26.5. The maximum Gasteiger partial charge on any atom is 0.261 e. The van der Waals surface area contributed by atoms with E-state index in [1.54, 1.807) is 24.3 Å². The predicted octanol–water partition coefficient (Wildman–Crippen LogP) is 7.32. The van der Waals surface area contributed by atoms with Crippen molar-refractivity contribution < 1.29 is 24.4 Å². The van der Waals surface area contributed by atoms with E-state index in [2.05, 4.69) is 6.92 Å². The van der Waals surface area contributed by atoms with E-state index in [4.69, 9.17) is 0 Å². The molecule has 2 aromatic rings. The fourth-order valence-corrected chi connectivity index (χ4v) is 7.63. The highest BCUT2D eigenvalue weighted by Gasteiger charge is 2.51. The van der Waals surface area contributed by atoms with Crippen molar-refractivity contribution in [3.05, 3.63) is 46.5 Å². The van der Waals surface area contributed by atoms with Crippen LogP contribution in [0.3, 0.4) is 0 Å². The van der Waals surface area contributed by atoms with Crippen LogP contribution in [0.5, 0.6) is 0 Å². The minimum Gasteiger partial charge on any atom is -0.274 e. The van der Waals surface area contributed by atoms with Gasteiger partial charge in [0.1, 0.15) is 0 Å². The van der Waals surface area contributed by atoms with E-state index in [0.717, 1.165) is 24.3 Å². The SMILES string of the molecule is CCCCCCCCCCCCN1C(=O)c2ccc3c4c(ccc(c24)C1=O)C(=O)N(C1CC(C)(C)N([O])C(C)(C)C1)C3=O. The molecule has 2 aromatic carbocycles. The van der Waals surface area contributed by atoms with E-state index >= 15 is 0 Å². The minimum absolute atomic E-state index is 0.319. The molecule has 43 heavy (non-hydrogen) atoms. The number of hydrogen-bond donors (Lipinski definition) is 0. The number of hydrogen-bond acceptors (Lipinski definition) is 5. The van der Waals surface area contributed by atoms with Gasteiger partial charge in [0.25, 0.3) is 23.6 Å². The number of nitrogens with zero attached hydrogens (tertiary/aromatic N) is 3. The van der Waals surface area contributed by atoms with Gasteiger partial charge in [-0.05, 0) is 71.2 Å². The monoisotopic (exact) mass is 588 g/mol. The summed E-state index contributed by atoms with van der Waals surface area (Å²) in [7, 11) is 0. The third kappa shape index (κ3) is 5.64. The fourth-order valence-electron chi connectivity index (χ4n) is 7.63. The van der Waals surface area contributed by atoms with Gasteiger partial charge >= 0.3 is 0 Å². The van der Waals surface area contributed by atoms with Crippen LogP contribution in [0, 0.1) is 0 Å². The third-order valence-electron chi connectivity index (χ3n) is 9.68. The number of piperidine rings is 1. The molecule has 4 amide bonds. The van der Waals surface area contributed by atoms with Crippen molar-refractivity contribution in [3.63, 3.8) is 0 Å². The van der Waals surface area contributed by atoms with E-state index in [1.807, 2.05) is 27.7 Å². The average Bonchev–Trinajstić information content (AvgIpc) is 2.95. The van der Waals surface area contributed by atoms with Crippen molar-refractivity contribution in [2.24, 2.45) is 0 Å². The Labute approximate surface area is 255 Å². The first-order chi connectivity index (χ1) is 20.4. The molecule has 1 saturated heterocycles. The van der Waals surface area contributed by atoms with Crippen LogP contribution in [0.2, 0.25) is 0 Å². The molecule has 8 nitrogen and oxygen atoms in total. The Morgan fingerprint density at radius 2 is 0.977 bits per heavy atom. The summed E-state index contributed by atoms with van der Waals surface area (Å²) in [4.78, 5) is 57.6. The summed E-state index contributed by atoms with van der Waals surface area (Å²) < 4.78 is 0. The van der Waals surface area contributed by atoms with Crippen molar-refractivity contribution in [1.82, 2.24) is 14.9 Å². The van der Waals surface area contributed by atoms with Crippen LogP contribution >= 0.6 is 0 Å². The van der Waals surface area contributed by atoms with Crippen LogP contribution in [0.15, 0.2) is 24.3 Å². The van der Waals surface area contributed by atoms with Crippen LogP contribution in [0.4, 0.5) is 0 Å². The second-order valence-electron chi connectivity index (χ2n) is 14.0. The van der Waals surface area contributed by atoms with Crippen molar-refractivity contribution >= 4 is 34.4 Å². The van der Waals surface area contributed by atoms with Crippen LogP contribution in [-0.4, -0.2) is 62.2 Å². The van der Waals surface area contributed by atoms with Gasteiger partial charge in [-0.2, -0.15) is 0 Å². The van der Waals surface area contributed by atoms with E-state index in [1.165, 1.54) is 54.7 Å². The Morgan fingerprint density at radius 3 is 1.40 bits per heavy atom. The second-order valence-corrected chi connectivity index (χ2v) is 14.0. The van der Waals surface area contributed by atoms with E-state index in [-0.39, 0.29) is 11.8 Å². The molecule has 3 aliphatic heterocycles. The molecule has 3 aliphatic rings. The molecule has 0 bridgehead atoms. The first kappa shape index (κ1) is 31.3. The Hall–Kier alpha value is -3.10. The summed E-state index contributed by atoms with van der Waals surface area (Å²) >= 11 is 0. The van der Waals surface area contributed by atoms with Crippen LogP contribution in [0.1, 0.15) is 153 Å². The number of rotatable bonds is 12. The molecule has 0 aliphatic carbocycles. The van der Waals surface area contributed by atoms with Gasteiger partial charge in [-0.25, -0.2) is 0 Å². The summed E-state index contributed by atoms with van der Waals surface area (Å²) in [6.07, 6.45) is 12.4. The van der Waals surface area contributed by atoms with E-state index in [0.29, 0.717) is 52.4 Å². The van der Waals surface area contributed by atoms with Gasteiger partial charge in [-0.1, -0.05) is 64.7 Å². The molecule has 8 heteroatoms. The summed E-state index contributed by atoms with van der Waals surface area (Å²) in [6, 6.07) is 6.05. The summed E-state index contributed by atoms with van der Waals surface area (Å²) in [5.74, 6) is -1.62. The van der Waals surface area contributed by atoms with E-state index < -0.39 is 28.9 Å². The van der Waals surface area contributed by atoms with Gasteiger partial charge in [0, 0.05) is 56.7 Å². The number of carbonyl (C=O) groups is 4. The van der Waals surface area contributed by atoms with Gasteiger partial charge in [-0.15, -0.1) is 10.3 Å². The normalized spacial score (nSPS) is 20.0. The van der Waals surface area contributed by atoms with Gasteiger partial charge in [-0.3, -0.25) is 29.0 Å². The van der Waals surface area contributed by atoms with Crippen molar-refractivity contribution in [2.75, 3.05) is 6.54 Å². The zero-order chi connectivity index (χ0) is 31.1. The predicted molar refractivity (Wildman–Crippen MR) is 165 cm³/mol. The molecule has 3 heterocycles. The smallest absolute Gasteiger partial charge is 0.261 e. The maximum absolute atomic E-state index is 13.9. The molecule has 0 atom stereocenters. The fraction of sp³-hybridized carbons (Fsp3) is 0.600. The molecule has 0 saturated carbocycles. The summed E-state index contributed by atoms with van der Waals surface area (Å²) in [6.45, 7) is 9.93. The Bertz CT molecular complexity index is 1360. The average molecular weight is 589 g/mol. The zero-order valence-electron chi connectivity index (χ0n) is 26.5. The van der Waals surface area contributed by atoms with Crippen LogP contribution in [-0.2, 0) is 5.21 Å². The number of imide groups is 2. The van der Waals surface area contributed by atoms with Crippen LogP contribution in [0.25, 0.3) is 10.8 Å². The molecular formula is C35H46N3O5. The molecule has 0 N–H and O–H groups in total. The molecule has 1 fully saturated rings. The van der Waals surface area contributed by atoms with Gasteiger partial charge < -0.3 is 0 Å². The highest BCUT2D eigenvalue weighted by Crippen LogP contribution is 2.43. The van der Waals surface area contributed by atoms with Crippen molar-refractivity contribution in [1.29, 1.82) is 0 Å². The van der Waals surface area contributed by atoms with Gasteiger partial charge in [0.05, 0.1) is 0 Å². The third-order valence-corrected chi connectivity index (χ3v) is 9.68. The number of benzene rings is 2. The lowest BCUT2D eigenvalue weighted by Crippen LogP contribution is -2.64. The standard InChI is InChI=1S/C35H46N3O5/c1-6-7-8-9-10-11-12-13-14-15-20-36-30(39)24-16-18-26-29-27(19-17-25(28(24)29)31(36)40)33(42)37(32(26)41)23-21-34(2,3)38(43)35(4,5)22-23/h16-19,23H,6-15,20-22H2,1-5H3. The lowest BCUT2D eigenvalue weighted by molar-refractivity contribution is -0.292. The lowest BCUT2D eigenvalue weighted by Gasteiger charge is -2.52. The molecule has 0 unspecified atom stereocenters. The maximum atomic E-state index is 13.9. The first-order valence-corrected chi connectivity index (χ1v) is 16.2. The second kappa shape index (κ2) is 12.1. The Balaban J connectivity index is 1.33. The van der Waals surface area contributed by atoms with Crippen LogP contribution < -0.4 is 0 Å². The summed E-state index contributed by atoms with van der Waals surface area (Å²) in [5, 5.41) is 14.8. The minimum atomic E-state index is -0.756. The Morgan fingerprint density at radius 1 is 0.605 bits per heavy atom. The summed E-state index contributed by atoms with van der Waals surface area (Å²) in [5.41, 5.74) is -0.156. The van der Waals surface area contributed by atoms with Gasteiger partial charge in [0.15, 0.2) is 0 Å². The lowest BCUT2D eigenvalue weighted by atomic mass is 9.77. The number of hydroxylamine groups is 2. The molecule has 1 radical (unpaired) electrons. The number of carbonyl (C=O) groups excluding carboxylic acids is 4. The molecule has 0 aromatic heterocycles. The van der Waals surface area contributed by atoms with Crippen molar-refractivity contribution in [2.45, 2.75) is 129 Å². The molecular weight excluding hydrogens is 542 g/mol. The molecule has 5 rings (SSSR count). The number of unbranched alkanes of at least 4 members (excludes halogenated alkanes) is 9. The molecule has 0 spiro atoms. The van der Waals surface area contributed by atoms with Gasteiger partial charge in [0.2, 0.25) is 0 Å². The first-order valence-electron chi connectivity index (χ1n) is 16.2. The quantitative estimate of drug-likeness (QED) is 0.191. The number of amides is 4. The highest BCUT2D eigenvalue weighted by molar-refractivity contribution is 6.33.